The number of para-hydroxylation sites is 1. The SMILES string of the molecule is CC(=O)Nc1ccc2c(c1)CCc1ccccc1N2C(C)=O. The van der Waals surface area contributed by atoms with E-state index in [0.717, 1.165) is 41.0 Å². The van der Waals surface area contributed by atoms with Gasteiger partial charge in [-0.05, 0) is 48.2 Å². The number of hydrogen-bond donors (Lipinski definition) is 1. The van der Waals surface area contributed by atoms with Crippen molar-refractivity contribution in [1.29, 1.82) is 0 Å². The smallest absolute Gasteiger partial charge is 0.228 e. The van der Waals surface area contributed by atoms with E-state index in [9.17, 15) is 9.59 Å². The predicted octanol–water partition coefficient (Wildman–Crippen LogP) is 3.43. The van der Waals surface area contributed by atoms with Crippen LogP contribution in [-0.4, -0.2) is 11.8 Å². The summed E-state index contributed by atoms with van der Waals surface area (Å²) in [5, 5.41) is 2.80. The Hall–Kier alpha value is -2.62. The average Bonchev–Trinajstić information content (AvgIpc) is 2.63. The molecule has 4 heteroatoms. The summed E-state index contributed by atoms with van der Waals surface area (Å²) >= 11 is 0. The average molecular weight is 294 g/mol. The first kappa shape index (κ1) is 14.3. The van der Waals surface area contributed by atoms with Crippen LogP contribution in [0.2, 0.25) is 0 Å². The summed E-state index contributed by atoms with van der Waals surface area (Å²) in [5.41, 5.74) is 4.83. The van der Waals surface area contributed by atoms with Gasteiger partial charge in [-0.1, -0.05) is 18.2 Å². The highest BCUT2D eigenvalue weighted by Gasteiger charge is 2.23. The van der Waals surface area contributed by atoms with E-state index in [1.165, 1.54) is 6.92 Å². The van der Waals surface area contributed by atoms with Crippen molar-refractivity contribution >= 4 is 28.9 Å². The zero-order chi connectivity index (χ0) is 15.7. The maximum atomic E-state index is 12.2. The van der Waals surface area contributed by atoms with Gasteiger partial charge in [-0.3, -0.25) is 14.5 Å². The number of hydrogen-bond acceptors (Lipinski definition) is 2. The lowest BCUT2D eigenvalue weighted by atomic mass is 10.0. The summed E-state index contributed by atoms with van der Waals surface area (Å²) < 4.78 is 0. The molecular weight excluding hydrogens is 276 g/mol. The van der Waals surface area contributed by atoms with Gasteiger partial charge in [-0.15, -0.1) is 0 Å². The minimum absolute atomic E-state index is 0.0112. The van der Waals surface area contributed by atoms with Crippen LogP contribution in [0.1, 0.15) is 25.0 Å². The van der Waals surface area contributed by atoms with Crippen LogP contribution in [0.3, 0.4) is 0 Å². The van der Waals surface area contributed by atoms with Gasteiger partial charge in [0.25, 0.3) is 0 Å². The molecule has 112 valence electrons. The lowest BCUT2D eigenvalue weighted by molar-refractivity contribution is -0.116. The molecule has 0 atom stereocenters. The molecule has 0 aliphatic carbocycles. The fraction of sp³-hybridized carbons (Fsp3) is 0.222. The maximum Gasteiger partial charge on any atom is 0.228 e. The number of nitrogens with one attached hydrogen (secondary N) is 1. The molecule has 1 aliphatic rings. The summed E-state index contributed by atoms with van der Waals surface area (Å²) in [6, 6.07) is 13.7. The summed E-state index contributed by atoms with van der Waals surface area (Å²) in [7, 11) is 0. The van der Waals surface area contributed by atoms with Gasteiger partial charge < -0.3 is 5.32 Å². The number of fused-ring (bicyclic) bond motifs is 2. The standard InChI is InChI=1S/C18H18N2O2/c1-12(21)19-16-9-10-18-15(11-16)8-7-14-5-3-4-6-17(14)20(18)13(2)22/h3-6,9-11H,7-8H2,1-2H3,(H,19,21). The van der Waals surface area contributed by atoms with E-state index in [2.05, 4.69) is 11.4 Å². The number of anilines is 3. The van der Waals surface area contributed by atoms with Crippen LogP contribution in [0.5, 0.6) is 0 Å². The topological polar surface area (TPSA) is 49.4 Å². The van der Waals surface area contributed by atoms with Crippen LogP contribution in [0.4, 0.5) is 17.1 Å². The first-order valence-electron chi connectivity index (χ1n) is 7.35. The Bertz CT molecular complexity index is 753. The van der Waals surface area contributed by atoms with Crippen molar-refractivity contribution in [2.75, 3.05) is 10.2 Å². The van der Waals surface area contributed by atoms with Gasteiger partial charge in [0, 0.05) is 19.5 Å². The Labute approximate surface area is 129 Å². The highest BCUT2D eigenvalue weighted by Crippen LogP contribution is 2.37. The molecule has 0 radical (unpaired) electrons. The molecule has 2 aromatic carbocycles. The molecule has 0 spiro atoms. The Morgan fingerprint density at radius 1 is 0.955 bits per heavy atom. The monoisotopic (exact) mass is 294 g/mol. The van der Waals surface area contributed by atoms with E-state index in [0.29, 0.717) is 0 Å². The van der Waals surface area contributed by atoms with Crippen LogP contribution in [0.15, 0.2) is 42.5 Å². The third kappa shape index (κ3) is 2.60. The van der Waals surface area contributed by atoms with Crippen molar-refractivity contribution in [2.45, 2.75) is 26.7 Å². The Balaban J connectivity index is 2.11. The molecule has 1 N–H and O–H groups in total. The van der Waals surface area contributed by atoms with Gasteiger partial charge in [-0.25, -0.2) is 0 Å². The third-order valence-electron chi connectivity index (χ3n) is 3.85. The second kappa shape index (κ2) is 5.64. The Kier molecular flexibility index (Phi) is 3.67. The second-order valence-corrected chi connectivity index (χ2v) is 5.51. The number of amides is 2. The van der Waals surface area contributed by atoms with Crippen LogP contribution in [-0.2, 0) is 22.4 Å². The fourth-order valence-corrected chi connectivity index (χ4v) is 2.96. The van der Waals surface area contributed by atoms with Gasteiger partial charge in [0.2, 0.25) is 11.8 Å². The van der Waals surface area contributed by atoms with E-state index >= 15 is 0 Å². The van der Waals surface area contributed by atoms with E-state index in [1.807, 2.05) is 36.4 Å². The van der Waals surface area contributed by atoms with Gasteiger partial charge >= 0.3 is 0 Å². The third-order valence-corrected chi connectivity index (χ3v) is 3.85. The Morgan fingerprint density at radius 2 is 1.64 bits per heavy atom. The number of carbonyl (C=O) groups excluding carboxylic acids is 2. The van der Waals surface area contributed by atoms with E-state index in [1.54, 1.807) is 11.8 Å². The molecule has 0 unspecified atom stereocenters. The van der Waals surface area contributed by atoms with Crippen LogP contribution in [0, 0.1) is 0 Å². The summed E-state index contributed by atoms with van der Waals surface area (Å²) in [6.07, 6.45) is 1.71. The highest BCUT2D eigenvalue weighted by atomic mass is 16.2. The summed E-state index contributed by atoms with van der Waals surface area (Å²) in [5.74, 6) is -0.108. The zero-order valence-corrected chi connectivity index (χ0v) is 12.7. The predicted molar refractivity (Wildman–Crippen MR) is 87.4 cm³/mol. The molecule has 4 nitrogen and oxygen atoms in total. The van der Waals surface area contributed by atoms with Crippen molar-refractivity contribution in [3.63, 3.8) is 0 Å². The minimum atomic E-state index is -0.0970. The molecule has 2 aromatic rings. The Morgan fingerprint density at radius 3 is 2.36 bits per heavy atom. The summed E-state index contributed by atoms with van der Waals surface area (Å²) in [6.45, 7) is 3.07. The molecule has 22 heavy (non-hydrogen) atoms. The lowest BCUT2D eigenvalue weighted by Gasteiger charge is -2.23. The fourth-order valence-electron chi connectivity index (χ4n) is 2.96. The van der Waals surface area contributed by atoms with Gasteiger partial charge in [0.15, 0.2) is 0 Å². The first-order valence-corrected chi connectivity index (χ1v) is 7.35. The van der Waals surface area contributed by atoms with Crippen LogP contribution in [0.25, 0.3) is 0 Å². The van der Waals surface area contributed by atoms with E-state index in [4.69, 9.17) is 0 Å². The number of nitrogens with zero attached hydrogens (tertiary/aromatic N) is 1. The second-order valence-electron chi connectivity index (χ2n) is 5.51. The molecule has 0 aromatic heterocycles. The van der Waals surface area contributed by atoms with Crippen molar-refractivity contribution in [2.24, 2.45) is 0 Å². The van der Waals surface area contributed by atoms with Gasteiger partial charge in [0.05, 0.1) is 11.4 Å². The van der Waals surface area contributed by atoms with E-state index in [-0.39, 0.29) is 11.8 Å². The normalized spacial score (nSPS) is 12.9. The summed E-state index contributed by atoms with van der Waals surface area (Å²) in [4.78, 5) is 25.2. The lowest BCUT2D eigenvalue weighted by Crippen LogP contribution is -2.23. The van der Waals surface area contributed by atoms with Gasteiger partial charge in [0.1, 0.15) is 0 Å². The van der Waals surface area contributed by atoms with E-state index < -0.39 is 0 Å². The van der Waals surface area contributed by atoms with Crippen molar-refractivity contribution < 1.29 is 9.59 Å². The first-order chi connectivity index (χ1) is 10.6. The molecular formula is C18H18N2O2. The number of carbonyl (C=O) groups is 2. The van der Waals surface area contributed by atoms with Crippen molar-refractivity contribution in [1.82, 2.24) is 0 Å². The molecule has 0 saturated carbocycles. The van der Waals surface area contributed by atoms with Crippen molar-refractivity contribution in [3.8, 4) is 0 Å². The van der Waals surface area contributed by atoms with Crippen LogP contribution >= 0.6 is 0 Å². The number of benzene rings is 2. The molecule has 0 fully saturated rings. The highest BCUT2D eigenvalue weighted by molar-refractivity contribution is 6.01. The quantitative estimate of drug-likeness (QED) is 0.876. The molecule has 3 rings (SSSR count). The molecule has 1 heterocycles. The minimum Gasteiger partial charge on any atom is -0.326 e. The molecule has 0 bridgehead atoms. The molecule has 0 saturated heterocycles. The zero-order valence-electron chi connectivity index (χ0n) is 12.7. The molecule has 2 amide bonds. The number of rotatable bonds is 1. The number of aryl methyl sites for hydroxylation is 2. The molecule has 1 aliphatic heterocycles. The largest absolute Gasteiger partial charge is 0.326 e. The maximum absolute atomic E-state index is 12.2. The van der Waals surface area contributed by atoms with Gasteiger partial charge in [-0.2, -0.15) is 0 Å². The van der Waals surface area contributed by atoms with Crippen molar-refractivity contribution in [3.05, 3.63) is 53.6 Å². The van der Waals surface area contributed by atoms with Crippen LogP contribution < -0.4 is 10.2 Å².